The summed E-state index contributed by atoms with van der Waals surface area (Å²) in [7, 11) is 0. The second kappa shape index (κ2) is 6.38. The van der Waals surface area contributed by atoms with Crippen LogP contribution in [0.2, 0.25) is 0 Å². The van der Waals surface area contributed by atoms with Crippen LogP contribution in [0.5, 0.6) is 0 Å². The first kappa shape index (κ1) is 13.6. The summed E-state index contributed by atoms with van der Waals surface area (Å²) in [6, 6.07) is 8.70. The van der Waals surface area contributed by atoms with Gasteiger partial charge in [0.05, 0.1) is 6.33 Å². The fourth-order valence-corrected chi connectivity index (χ4v) is 2.21. The molecule has 0 fully saturated rings. The van der Waals surface area contributed by atoms with E-state index in [9.17, 15) is 0 Å². The van der Waals surface area contributed by atoms with Gasteiger partial charge >= 0.3 is 0 Å². The molecule has 0 bridgehead atoms. The summed E-state index contributed by atoms with van der Waals surface area (Å²) in [5.41, 5.74) is 8.26. The molecule has 0 spiro atoms. The zero-order chi connectivity index (χ0) is 13.7. The zero-order valence-corrected chi connectivity index (χ0v) is 11.7. The van der Waals surface area contributed by atoms with Crippen LogP contribution >= 0.6 is 0 Å². The molecule has 0 radical (unpaired) electrons. The summed E-state index contributed by atoms with van der Waals surface area (Å²) in [6.45, 7) is 8.38. The minimum Gasteiger partial charge on any atom is -0.382 e. The first-order valence-electron chi connectivity index (χ1n) is 6.78. The molecule has 1 aromatic heterocycles. The van der Waals surface area contributed by atoms with Gasteiger partial charge in [0.25, 0.3) is 0 Å². The first-order chi connectivity index (χ1) is 9.21. The topological polar surface area (TPSA) is 47.1 Å². The number of nitrogen functional groups attached to an aromatic ring is 1. The number of aromatic nitrogens is 2. The highest BCUT2D eigenvalue weighted by Gasteiger charge is 2.03. The molecule has 1 heterocycles. The minimum absolute atomic E-state index is 0.569. The van der Waals surface area contributed by atoms with E-state index in [1.54, 1.807) is 6.33 Å². The van der Waals surface area contributed by atoms with Gasteiger partial charge in [-0.25, -0.2) is 4.98 Å². The Bertz CT molecular complexity index is 514. The lowest BCUT2D eigenvalue weighted by Gasteiger charge is -2.18. The lowest BCUT2D eigenvalue weighted by atomic mass is 10.1. The molecule has 0 aliphatic rings. The average Bonchev–Trinajstić information content (AvgIpc) is 2.82. The summed E-state index contributed by atoms with van der Waals surface area (Å²) in [4.78, 5) is 6.45. The number of hydrogen-bond acceptors (Lipinski definition) is 3. The van der Waals surface area contributed by atoms with Crippen molar-refractivity contribution in [3.05, 3.63) is 47.9 Å². The molecule has 0 amide bonds. The van der Waals surface area contributed by atoms with Crippen molar-refractivity contribution in [2.45, 2.75) is 26.9 Å². The Kier molecular flexibility index (Phi) is 4.58. The molecular weight excluding hydrogens is 236 g/mol. The molecule has 4 heteroatoms. The standard InChI is InChI=1S/C15H22N4/c1-3-18(4-2)9-13-6-5-7-14(8-13)10-19-11-15(16)17-12-19/h5-8,11-12H,3-4,9-10,16H2,1-2H3. The molecule has 4 nitrogen and oxygen atoms in total. The molecule has 0 saturated heterocycles. The van der Waals surface area contributed by atoms with Crippen molar-refractivity contribution < 1.29 is 0 Å². The van der Waals surface area contributed by atoms with Crippen molar-refractivity contribution in [3.63, 3.8) is 0 Å². The molecule has 102 valence electrons. The molecule has 0 unspecified atom stereocenters. The quantitative estimate of drug-likeness (QED) is 0.865. The highest BCUT2D eigenvalue weighted by atomic mass is 15.1. The van der Waals surface area contributed by atoms with Crippen molar-refractivity contribution in [2.75, 3.05) is 18.8 Å². The first-order valence-corrected chi connectivity index (χ1v) is 6.78. The molecule has 2 aromatic rings. The van der Waals surface area contributed by atoms with Gasteiger partial charge in [-0.15, -0.1) is 0 Å². The predicted octanol–water partition coefficient (Wildman–Crippen LogP) is 2.36. The van der Waals surface area contributed by atoms with Crippen molar-refractivity contribution in [1.29, 1.82) is 0 Å². The van der Waals surface area contributed by atoms with Gasteiger partial charge in [0, 0.05) is 19.3 Å². The van der Waals surface area contributed by atoms with E-state index >= 15 is 0 Å². The number of nitrogens with two attached hydrogens (primary N) is 1. The summed E-state index contributed by atoms with van der Waals surface area (Å²) >= 11 is 0. The summed E-state index contributed by atoms with van der Waals surface area (Å²) in [5, 5.41) is 0. The predicted molar refractivity (Wildman–Crippen MR) is 78.8 cm³/mol. The monoisotopic (exact) mass is 258 g/mol. The van der Waals surface area contributed by atoms with E-state index in [2.05, 4.69) is 48.0 Å². The summed E-state index contributed by atoms with van der Waals surface area (Å²) in [6.07, 6.45) is 3.63. The smallest absolute Gasteiger partial charge is 0.141 e. The Morgan fingerprint density at radius 1 is 1.21 bits per heavy atom. The number of imidazole rings is 1. The van der Waals surface area contributed by atoms with Crippen LogP contribution in [0.1, 0.15) is 25.0 Å². The Morgan fingerprint density at radius 2 is 1.95 bits per heavy atom. The molecule has 2 rings (SSSR count). The van der Waals surface area contributed by atoms with E-state index in [-0.39, 0.29) is 0 Å². The third-order valence-electron chi connectivity index (χ3n) is 3.31. The fourth-order valence-electron chi connectivity index (χ4n) is 2.21. The number of rotatable bonds is 6. The average molecular weight is 258 g/mol. The second-order valence-electron chi connectivity index (χ2n) is 4.75. The van der Waals surface area contributed by atoms with Gasteiger partial charge in [0.2, 0.25) is 0 Å². The normalized spacial score (nSPS) is 11.1. The Balaban J connectivity index is 2.06. The van der Waals surface area contributed by atoms with E-state index in [1.807, 2.05) is 10.8 Å². The Morgan fingerprint density at radius 3 is 2.58 bits per heavy atom. The summed E-state index contributed by atoms with van der Waals surface area (Å²) < 4.78 is 2.01. The van der Waals surface area contributed by atoms with Gasteiger partial charge in [-0.3, -0.25) is 4.90 Å². The van der Waals surface area contributed by atoms with Crippen LogP contribution in [-0.4, -0.2) is 27.5 Å². The number of nitrogens with zero attached hydrogens (tertiary/aromatic N) is 3. The van der Waals surface area contributed by atoms with Gasteiger partial charge in [0.15, 0.2) is 0 Å². The Hall–Kier alpha value is -1.81. The van der Waals surface area contributed by atoms with Crippen LogP contribution < -0.4 is 5.73 Å². The molecule has 0 saturated carbocycles. The molecule has 0 aliphatic carbocycles. The van der Waals surface area contributed by atoms with E-state index in [0.717, 1.165) is 26.2 Å². The van der Waals surface area contributed by atoms with E-state index in [4.69, 9.17) is 5.73 Å². The van der Waals surface area contributed by atoms with Crippen LogP contribution in [0, 0.1) is 0 Å². The van der Waals surface area contributed by atoms with Crippen molar-refractivity contribution in [2.24, 2.45) is 0 Å². The van der Waals surface area contributed by atoms with Crippen LogP contribution in [0.25, 0.3) is 0 Å². The van der Waals surface area contributed by atoms with Gasteiger partial charge in [-0.2, -0.15) is 0 Å². The maximum atomic E-state index is 5.63. The maximum Gasteiger partial charge on any atom is 0.141 e. The van der Waals surface area contributed by atoms with Gasteiger partial charge in [-0.05, 0) is 24.2 Å². The van der Waals surface area contributed by atoms with E-state index in [0.29, 0.717) is 5.82 Å². The zero-order valence-electron chi connectivity index (χ0n) is 11.7. The van der Waals surface area contributed by atoms with Gasteiger partial charge < -0.3 is 10.3 Å². The molecule has 0 atom stereocenters. The third kappa shape index (κ3) is 3.83. The van der Waals surface area contributed by atoms with E-state index < -0.39 is 0 Å². The molecular formula is C15H22N4. The van der Waals surface area contributed by atoms with Crippen LogP contribution in [0.4, 0.5) is 5.82 Å². The van der Waals surface area contributed by atoms with Crippen LogP contribution in [-0.2, 0) is 13.1 Å². The number of hydrogen-bond donors (Lipinski definition) is 1. The van der Waals surface area contributed by atoms with Crippen LogP contribution in [0.15, 0.2) is 36.8 Å². The molecule has 2 N–H and O–H groups in total. The van der Waals surface area contributed by atoms with Crippen molar-refractivity contribution >= 4 is 5.82 Å². The van der Waals surface area contributed by atoms with E-state index in [1.165, 1.54) is 11.1 Å². The number of benzene rings is 1. The van der Waals surface area contributed by atoms with Crippen LogP contribution in [0.3, 0.4) is 0 Å². The summed E-state index contributed by atoms with van der Waals surface area (Å²) in [5.74, 6) is 0.569. The lowest BCUT2D eigenvalue weighted by molar-refractivity contribution is 0.296. The highest BCUT2D eigenvalue weighted by molar-refractivity contribution is 5.26. The van der Waals surface area contributed by atoms with Crippen molar-refractivity contribution in [1.82, 2.24) is 14.5 Å². The maximum absolute atomic E-state index is 5.63. The fraction of sp³-hybridized carbons (Fsp3) is 0.400. The largest absolute Gasteiger partial charge is 0.382 e. The SMILES string of the molecule is CCN(CC)Cc1cccc(Cn2cnc(N)c2)c1. The van der Waals surface area contributed by atoms with Gasteiger partial charge in [-0.1, -0.05) is 38.1 Å². The second-order valence-corrected chi connectivity index (χ2v) is 4.75. The van der Waals surface area contributed by atoms with Crippen molar-refractivity contribution in [3.8, 4) is 0 Å². The molecule has 19 heavy (non-hydrogen) atoms. The highest BCUT2D eigenvalue weighted by Crippen LogP contribution is 2.10. The Labute approximate surface area is 114 Å². The lowest BCUT2D eigenvalue weighted by Crippen LogP contribution is -2.22. The number of anilines is 1. The third-order valence-corrected chi connectivity index (χ3v) is 3.31. The molecule has 1 aromatic carbocycles. The molecule has 0 aliphatic heterocycles. The minimum atomic E-state index is 0.569. The van der Waals surface area contributed by atoms with Gasteiger partial charge in [0.1, 0.15) is 5.82 Å².